The van der Waals surface area contributed by atoms with Crippen LogP contribution >= 0.6 is 0 Å². The van der Waals surface area contributed by atoms with E-state index in [2.05, 4.69) is 86.4 Å². The third-order valence-electron chi connectivity index (χ3n) is 7.90. The van der Waals surface area contributed by atoms with Gasteiger partial charge in [0.05, 0.1) is 13.2 Å². The lowest BCUT2D eigenvalue weighted by atomic mass is 9.72. The molecule has 174 valence electrons. The van der Waals surface area contributed by atoms with Crippen molar-refractivity contribution in [3.05, 3.63) is 65.2 Å². The highest BCUT2D eigenvalue weighted by Gasteiger charge is 2.28. The summed E-state index contributed by atoms with van der Waals surface area (Å²) in [5.41, 5.74) is 6.09. The molecule has 3 nitrogen and oxygen atoms in total. The first-order valence-corrected chi connectivity index (χ1v) is 12.6. The zero-order chi connectivity index (χ0) is 22.6. The highest BCUT2D eigenvalue weighted by Crippen LogP contribution is 2.37. The Kier molecular flexibility index (Phi) is 7.27. The molecule has 0 saturated carbocycles. The Balaban J connectivity index is 1.37. The van der Waals surface area contributed by atoms with Crippen LogP contribution in [0.1, 0.15) is 76.0 Å². The van der Waals surface area contributed by atoms with Crippen molar-refractivity contribution >= 4 is 5.69 Å². The number of hydrogen-bond acceptors (Lipinski definition) is 3. The summed E-state index contributed by atoms with van der Waals surface area (Å²) >= 11 is 0. The molecular formula is C29H42N2O. The Bertz CT molecular complexity index is 768. The maximum Gasteiger partial charge on any atom is 0.0642 e. The van der Waals surface area contributed by atoms with Crippen molar-refractivity contribution in [3.8, 4) is 0 Å². The number of benzene rings is 2. The van der Waals surface area contributed by atoms with Crippen LogP contribution in [0, 0.1) is 0 Å². The van der Waals surface area contributed by atoms with Crippen LogP contribution < -0.4 is 10.2 Å². The van der Waals surface area contributed by atoms with Crippen LogP contribution in [-0.2, 0) is 15.6 Å². The average Bonchev–Trinajstić information content (AvgIpc) is 2.84. The molecule has 2 saturated heterocycles. The van der Waals surface area contributed by atoms with Gasteiger partial charge in [0.2, 0.25) is 0 Å². The molecule has 2 heterocycles. The lowest BCUT2D eigenvalue weighted by Gasteiger charge is -2.33. The number of morpholine rings is 1. The summed E-state index contributed by atoms with van der Waals surface area (Å²) in [7, 11) is 0. The quantitative estimate of drug-likeness (QED) is 0.576. The molecule has 0 bridgehead atoms. The zero-order valence-corrected chi connectivity index (χ0v) is 20.6. The first kappa shape index (κ1) is 23.3. The van der Waals surface area contributed by atoms with Gasteiger partial charge < -0.3 is 15.0 Å². The van der Waals surface area contributed by atoms with E-state index < -0.39 is 0 Å². The smallest absolute Gasteiger partial charge is 0.0642 e. The van der Waals surface area contributed by atoms with Gasteiger partial charge in [-0.25, -0.2) is 0 Å². The van der Waals surface area contributed by atoms with Gasteiger partial charge in [-0.15, -0.1) is 0 Å². The normalized spacial score (nSPS) is 18.7. The van der Waals surface area contributed by atoms with Crippen LogP contribution in [-0.4, -0.2) is 39.4 Å². The van der Waals surface area contributed by atoms with Gasteiger partial charge in [0.1, 0.15) is 0 Å². The van der Waals surface area contributed by atoms with Crippen LogP contribution in [0.5, 0.6) is 0 Å². The van der Waals surface area contributed by atoms with E-state index in [4.69, 9.17) is 4.74 Å². The third kappa shape index (κ3) is 5.55. The van der Waals surface area contributed by atoms with E-state index in [1.165, 1.54) is 48.1 Å². The second kappa shape index (κ2) is 9.97. The lowest BCUT2D eigenvalue weighted by Crippen LogP contribution is -2.36. The number of ether oxygens (including phenoxy) is 1. The predicted octanol–water partition coefficient (Wildman–Crippen LogP) is 6.03. The number of hydrogen-bond donors (Lipinski definition) is 1. The van der Waals surface area contributed by atoms with Crippen molar-refractivity contribution in [2.45, 2.75) is 70.1 Å². The summed E-state index contributed by atoms with van der Waals surface area (Å²) < 4.78 is 5.49. The van der Waals surface area contributed by atoms with Gasteiger partial charge in [0, 0.05) is 18.8 Å². The molecule has 2 fully saturated rings. The van der Waals surface area contributed by atoms with Crippen LogP contribution in [0.25, 0.3) is 0 Å². The largest absolute Gasteiger partial charge is 0.378 e. The third-order valence-corrected chi connectivity index (χ3v) is 7.90. The van der Waals surface area contributed by atoms with Crippen LogP contribution in [0.15, 0.2) is 48.5 Å². The molecule has 0 atom stereocenters. The van der Waals surface area contributed by atoms with Crippen molar-refractivity contribution in [2.75, 3.05) is 44.3 Å². The molecular weight excluding hydrogens is 392 g/mol. The number of piperidine rings is 1. The molecule has 0 amide bonds. The van der Waals surface area contributed by atoms with Crippen LogP contribution in [0.3, 0.4) is 0 Å². The van der Waals surface area contributed by atoms with Gasteiger partial charge >= 0.3 is 0 Å². The standard InChI is InChI=1S/C29H42N2O/c1-28(2,25-7-5-23(6-8-25)24-13-17-30-18-14-24)15-16-29(3,4)26-9-11-27(12-10-26)31-19-21-32-22-20-31/h5-12,24,30H,13-22H2,1-4H3. The fourth-order valence-electron chi connectivity index (χ4n) is 5.22. The molecule has 0 unspecified atom stereocenters. The van der Waals surface area contributed by atoms with Gasteiger partial charge in [0.25, 0.3) is 0 Å². The van der Waals surface area contributed by atoms with Crippen LogP contribution in [0.2, 0.25) is 0 Å². The summed E-state index contributed by atoms with van der Waals surface area (Å²) in [6.07, 6.45) is 4.88. The van der Waals surface area contributed by atoms with E-state index in [9.17, 15) is 0 Å². The van der Waals surface area contributed by atoms with E-state index in [0.29, 0.717) is 0 Å². The highest BCUT2D eigenvalue weighted by molar-refractivity contribution is 5.49. The SMILES string of the molecule is CC(C)(CCC(C)(C)c1ccc(N2CCOCC2)cc1)c1ccc(C2CCNCC2)cc1. The first-order chi connectivity index (χ1) is 15.4. The summed E-state index contributed by atoms with van der Waals surface area (Å²) in [6, 6.07) is 18.8. The molecule has 2 aromatic carbocycles. The second-order valence-electron chi connectivity index (χ2n) is 11.1. The highest BCUT2D eigenvalue weighted by atomic mass is 16.5. The summed E-state index contributed by atoms with van der Waals surface area (Å²) in [4.78, 5) is 2.43. The van der Waals surface area contributed by atoms with E-state index in [1.54, 1.807) is 0 Å². The summed E-state index contributed by atoms with van der Waals surface area (Å²) in [6.45, 7) is 15.6. The topological polar surface area (TPSA) is 24.5 Å². The molecule has 0 aromatic heterocycles. The molecule has 3 heteroatoms. The Morgan fingerprint density at radius 1 is 0.781 bits per heavy atom. The van der Waals surface area contributed by atoms with Crippen molar-refractivity contribution in [2.24, 2.45) is 0 Å². The van der Waals surface area contributed by atoms with Crippen LogP contribution in [0.4, 0.5) is 5.69 Å². The molecule has 0 aliphatic carbocycles. The maximum atomic E-state index is 5.49. The van der Waals surface area contributed by atoms with Gasteiger partial charge in [-0.2, -0.15) is 0 Å². The van der Waals surface area contributed by atoms with Gasteiger partial charge in [-0.1, -0.05) is 64.1 Å². The predicted molar refractivity (Wildman–Crippen MR) is 136 cm³/mol. The first-order valence-electron chi connectivity index (χ1n) is 12.6. The fraction of sp³-hybridized carbons (Fsp3) is 0.586. The number of nitrogens with one attached hydrogen (secondary N) is 1. The lowest BCUT2D eigenvalue weighted by molar-refractivity contribution is 0.122. The molecule has 0 spiro atoms. The van der Waals surface area contributed by atoms with E-state index in [-0.39, 0.29) is 10.8 Å². The maximum absolute atomic E-state index is 5.49. The van der Waals surface area contributed by atoms with Crippen molar-refractivity contribution in [3.63, 3.8) is 0 Å². The minimum atomic E-state index is 0.163. The Hall–Kier alpha value is -1.84. The number of nitrogens with zero attached hydrogens (tertiary/aromatic N) is 1. The second-order valence-corrected chi connectivity index (χ2v) is 11.1. The zero-order valence-electron chi connectivity index (χ0n) is 20.6. The molecule has 2 aliphatic rings. The summed E-state index contributed by atoms with van der Waals surface area (Å²) in [5.74, 6) is 0.729. The molecule has 4 rings (SSSR count). The average molecular weight is 435 g/mol. The van der Waals surface area contributed by atoms with Crippen molar-refractivity contribution < 1.29 is 4.74 Å². The Morgan fingerprint density at radius 3 is 1.81 bits per heavy atom. The molecule has 1 N–H and O–H groups in total. The van der Waals surface area contributed by atoms with Crippen molar-refractivity contribution in [1.29, 1.82) is 0 Å². The van der Waals surface area contributed by atoms with Gasteiger partial charge in [-0.05, 0) is 84.3 Å². The minimum absolute atomic E-state index is 0.163. The van der Waals surface area contributed by atoms with E-state index in [0.717, 1.165) is 45.3 Å². The Morgan fingerprint density at radius 2 is 1.28 bits per heavy atom. The number of anilines is 1. The minimum Gasteiger partial charge on any atom is -0.378 e. The summed E-state index contributed by atoms with van der Waals surface area (Å²) in [5, 5.41) is 3.48. The molecule has 2 aromatic rings. The Labute approximate surface area is 195 Å². The molecule has 32 heavy (non-hydrogen) atoms. The molecule has 0 radical (unpaired) electrons. The van der Waals surface area contributed by atoms with Gasteiger partial charge in [-0.3, -0.25) is 0 Å². The monoisotopic (exact) mass is 434 g/mol. The van der Waals surface area contributed by atoms with E-state index in [1.807, 2.05) is 0 Å². The fourth-order valence-corrected chi connectivity index (χ4v) is 5.22. The molecule has 2 aliphatic heterocycles. The number of rotatable bonds is 7. The van der Waals surface area contributed by atoms with Gasteiger partial charge in [0.15, 0.2) is 0 Å². The van der Waals surface area contributed by atoms with Crippen molar-refractivity contribution in [1.82, 2.24) is 5.32 Å². The van der Waals surface area contributed by atoms with E-state index >= 15 is 0 Å².